The highest BCUT2D eigenvalue weighted by atomic mass is 16.3. The average Bonchev–Trinajstić information content (AvgIpc) is 1.94. The van der Waals surface area contributed by atoms with Gasteiger partial charge in [-0.25, -0.2) is 0 Å². The molecule has 0 amide bonds. The molecule has 0 saturated heterocycles. The lowest BCUT2D eigenvalue weighted by Gasteiger charge is -1.99. The highest BCUT2D eigenvalue weighted by molar-refractivity contribution is 5.10. The van der Waals surface area contributed by atoms with Crippen LogP contribution in [0.15, 0.2) is 6.20 Å². The molecule has 3 heteroatoms. The van der Waals surface area contributed by atoms with Crippen LogP contribution in [0.4, 0.5) is 0 Å². The number of hydrogen-bond donors (Lipinski definition) is 1. The van der Waals surface area contributed by atoms with Crippen molar-refractivity contribution >= 4 is 0 Å². The number of aliphatic hydroxyl groups excluding tert-OH is 1. The fourth-order valence-corrected chi connectivity index (χ4v) is 0.737. The largest absolute Gasteiger partial charge is 0.390 e. The summed E-state index contributed by atoms with van der Waals surface area (Å²) in [6, 6.07) is 0. The van der Waals surface area contributed by atoms with Crippen molar-refractivity contribution < 1.29 is 5.11 Å². The third-order valence-electron chi connectivity index (χ3n) is 1.32. The van der Waals surface area contributed by atoms with E-state index in [1.54, 1.807) is 6.20 Å². The Labute approximate surface area is 59.8 Å². The Morgan fingerprint density at radius 3 is 2.70 bits per heavy atom. The van der Waals surface area contributed by atoms with E-state index in [1.807, 2.05) is 13.8 Å². The van der Waals surface area contributed by atoms with Crippen LogP contribution in [-0.4, -0.2) is 15.1 Å². The molecule has 0 atom stereocenters. The van der Waals surface area contributed by atoms with E-state index in [0.717, 1.165) is 11.4 Å². The van der Waals surface area contributed by atoms with Crippen molar-refractivity contribution in [3.8, 4) is 0 Å². The fourth-order valence-electron chi connectivity index (χ4n) is 0.737. The van der Waals surface area contributed by atoms with Gasteiger partial charge in [-0.2, -0.15) is 0 Å². The summed E-state index contributed by atoms with van der Waals surface area (Å²) in [5.74, 6) is 0. The number of nitrogens with zero attached hydrogens (tertiary/aromatic N) is 2. The quantitative estimate of drug-likeness (QED) is 0.617. The summed E-state index contributed by atoms with van der Waals surface area (Å²) in [6.45, 7) is 3.66. The molecule has 0 aliphatic heterocycles. The van der Waals surface area contributed by atoms with Crippen LogP contribution >= 0.6 is 0 Å². The first-order chi connectivity index (χ1) is 4.74. The molecule has 3 nitrogen and oxygen atoms in total. The molecule has 0 radical (unpaired) electrons. The van der Waals surface area contributed by atoms with Crippen LogP contribution < -0.4 is 0 Å². The molecule has 0 saturated carbocycles. The summed E-state index contributed by atoms with van der Waals surface area (Å²) < 4.78 is 0. The second kappa shape index (κ2) is 2.75. The summed E-state index contributed by atoms with van der Waals surface area (Å²) in [7, 11) is 0. The number of aryl methyl sites for hydroxylation is 2. The molecule has 1 aromatic rings. The highest BCUT2D eigenvalue weighted by Gasteiger charge is 1.97. The van der Waals surface area contributed by atoms with Gasteiger partial charge in [0.15, 0.2) is 0 Å². The van der Waals surface area contributed by atoms with Gasteiger partial charge in [0, 0.05) is 6.20 Å². The second-order valence-electron chi connectivity index (χ2n) is 2.20. The third-order valence-corrected chi connectivity index (χ3v) is 1.32. The smallest absolute Gasteiger partial charge is 0.0873 e. The zero-order valence-corrected chi connectivity index (χ0v) is 6.13. The lowest BCUT2D eigenvalue weighted by molar-refractivity contribution is 0.275. The molecule has 1 aromatic heterocycles. The Kier molecular flexibility index (Phi) is 1.97. The molecule has 0 bridgehead atoms. The maximum atomic E-state index is 8.74. The third kappa shape index (κ3) is 1.30. The van der Waals surface area contributed by atoms with Gasteiger partial charge in [0.1, 0.15) is 0 Å². The Bertz CT molecular complexity index is 235. The fraction of sp³-hybridized carbons (Fsp3) is 0.429. The molecule has 10 heavy (non-hydrogen) atoms. The molecular weight excluding hydrogens is 128 g/mol. The Morgan fingerprint density at radius 2 is 2.20 bits per heavy atom. The predicted molar refractivity (Wildman–Crippen MR) is 37.4 cm³/mol. The minimum absolute atomic E-state index is 0.0273. The number of aliphatic hydroxyl groups is 1. The molecular formula is C7H10N2O. The first-order valence-electron chi connectivity index (χ1n) is 3.14. The lowest BCUT2D eigenvalue weighted by atomic mass is 10.3. The van der Waals surface area contributed by atoms with Crippen LogP contribution in [0, 0.1) is 13.8 Å². The maximum absolute atomic E-state index is 8.74. The van der Waals surface area contributed by atoms with Crippen LogP contribution in [0.25, 0.3) is 0 Å². The molecule has 1 N–H and O–H groups in total. The SMILES string of the molecule is Cc1cnc(C)c(CO)n1. The topological polar surface area (TPSA) is 46.0 Å². The van der Waals surface area contributed by atoms with E-state index in [4.69, 9.17) is 5.11 Å². The van der Waals surface area contributed by atoms with Crippen LogP contribution in [0.5, 0.6) is 0 Å². The Hall–Kier alpha value is -0.960. The molecule has 0 aliphatic carbocycles. The monoisotopic (exact) mass is 138 g/mol. The van der Waals surface area contributed by atoms with Crippen molar-refractivity contribution in [2.45, 2.75) is 20.5 Å². The van der Waals surface area contributed by atoms with E-state index >= 15 is 0 Å². The van der Waals surface area contributed by atoms with E-state index < -0.39 is 0 Å². The van der Waals surface area contributed by atoms with Crippen LogP contribution in [0.1, 0.15) is 17.1 Å². The predicted octanol–water partition coefficient (Wildman–Crippen LogP) is 0.586. The van der Waals surface area contributed by atoms with Gasteiger partial charge in [0.2, 0.25) is 0 Å². The van der Waals surface area contributed by atoms with E-state index in [0.29, 0.717) is 5.69 Å². The Morgan fingerprint density at radius 1 is 1.50 bits per heavy atom. The van der Waals surface area contributed by atoms with Gasteiger partial charge in [0.25, 0.3) is 0 Å². The standard InChI is InChI=1S/C7H10N2O/c1-5-3-8-6(2)7(4-10)9-5/h3,10H,4H2,1-2H3. The summed E-state index contributed by atoms with van der Waals surface area (Å²) in [5.41, 5.74) is 2.31. The molecule has 0 spiro atoms. The number of aromatic nitrogens is 2. The number of rotatable bonds is 1. The van der Waals surface area contributed by atoms with E-state index in [1.165, 1.54) is 0 Å². The zero-order chi connectivity index (χ0) is 7.56. The molecule has 54 valence electrons. The zero-order valence-electron chi connectivity index (χ0n) is 6.13. The number of hydrogen-bond acceptors (Lipinski definition) is 3. The van der Waals surface area contributed by atoms with Crippen LogP contribution in [0.3, 0.4) is 0 Å². The molecule has 0 aromatic carbocycles. The van der Waals surface area contributed by atoms with Crippen LogP contribution in [0.2, 0.25) is 0 Å². The van der Waals surface area contributed by atoms with Gasteiger partial charge in [-0.3, -0.25) is 9.97 Å². The van der Waals surface area contributed by atoms with Crippen LogP contribution in [-0.2, 0) is 6.61 Å². The maximum Gasteiger partial charge on any atom is 0.0873 e. The summed E-state index contributed by atoms with van der Waals surface area (Å²) in [5, 5.41) is 8.74. The summed E-state index contributed by atoms with van der Waals surface area (Å²) in [4.78, 5) is 8.11. The first-order valence-corrected chi connectivity index (χ1v) is 3.14. The lowest BCUT2D eigenvalue weighted by Crippen LogP contribution is -1.97. The van der Waals surface area contributed by atoms with Crippen molar-refractivity contribution in [2.75, 3.05) is 0 Å². The minimum Gasteiger partial charge on any atom is -0.390 e. The van der Waals surface area contributed by atoms with E-state index in [-0.39, 0.29) is 6.61 Å². The van der Waals surface area contributed by atoms with E-state index in [2.05, 4.69) is 9.97 Å². The van der Waals surface area contributed by atoms with Crippen molar-refractivity contribution in [3.05, 3.63) is 23.3 Å². The molecule has 1 heterocycles. The summed E-state index contributed by atoms with van der Waals surface area (Å²) >= 11 is 0. The normalized spacial score (nSPS) is 9.90. The van der Waals surface area contributed by atoms with E-state index in [9.17, 15) is 0 Å². The molecule has 0 aliphatic rings. The Balaban J connectivity index is 3.09. The molecule has 1 rings (SSSR count). The van der Waals surface area contributed by atoms with Gasteiger partial charge in [-0.05, 0) is 13.8 Å². The van der Waals surface area contributed by atoms with Gasteiger partial charge in [-0.15, -0.1) is 0 Å². The second-order valence-corrected chi connectivity index (χ2v) is 2.20. The van der Waals surface area contributed by atoms with Crippen molar-refractivity contribution in [2.24, 2.45) is 0 Å². The molecule has 0 fully saturated rings. The van der Waals surface area contributed by atoms with Gasteiger partial charge in [-0.1, -0.05) is 0 Å². The average molecular weight is 138 g/mol. The van der Waals surface area contributed by atoms with Crippen molar-refractivity contribution in [3.63, 3.8) is 0 Å². The van der Waals surface area contributed by atoms with Gasteiger partial charge >= 0.3 is 0 Å². The van der Waals surface area contributed by atoms with Crippen molar-refractivity contribution in [1.29, 1.82) is 0 Å². The highest BCUT2D eigenvalue weighted by Crippen LogP contribution is 2.00. The van der Waals surface area contributed by atoms with Crippen molar-refractivity contribution in [1.82, 2.24) is 9.97 Å². The minimum atomic E-state index is -0.0273. The summed E-state index contributed by atoms with van der Waals surface area (Å²) in [6.07, 6.45) is 1.69. The van der Waals surface area contributed by atoms with Gasteiger partial charge in [0.05, 0.1) is 23.7 Å². The molecule has 0 unspecified atom stereocenters. The first kappa shape index (κ1) is 7.15. The van der Waals surface area contributed by atoms with Gasteiger partial charge < -0.3 is 5.11 Å².